The molecule has 0 saturated heterocycles. The van der Waals surface area contributed by atoms with Crippen molar-refractivity contribution in [2.75, 3.05) is 31.6 Å². The number of hydrogen-bond donors (Lipinski definition) is 3. The van der Waals surface area contributed by atoms with Crippen LogP contribution in [0.5, 0.6) is 5.75 Å². The highest BCUT2D eigenvalue weighted by molar-refractivity contribution is 9.10. The molecular weight excluding hydrogens is 661 g/mol. The lowest BCUT2D eigenvalue weighted by Crippen LogP contribution is -2.37. The maximum Gasteiger partial charge on any atom is 0.251 e. The molecule has 43 heavy (non-hydrogen) atoms. The minimum absolute atomic E-state index is 0.0343. The van der Waals surface area contributed by atoms with Gasteiger partial charge in [-0.2, -0.15) is 0 Å². The lowest BCUT2D eigenvalue weighted by molar-refractivity contribution is -0.122. The Balaban J connectivity index is 1.36. The van der Waals surface area contributed by atoms with Crippen molar-refractivity contribution >= 4 is 74.3 Å². The number of aromatic nitrogens is 2. The standard InChI is InChI=1S/C30H28BrCl2N5O5/c1-18-28(31)38-14-3-4-24(29(38)36-18)43-17-21-22(32)10-11-23(27(21)33)37(2)26(41)16-35-25(40)12-7-19-5-8-20(9-6-19)30(42)34-13-15-39/h3-12,14,39H,13,15-17H2,1-2H3,(H,34,42)(H,35,40)/b12-7+. The van der Waals surface area contributed by atoms with Crippen LogP contribution < -0.4 is 20.3 Å². The van der Waals surface area contributed by atoms with Crippen LogP contribution in [0.1, 0.15) is 27.2 Å². The number of fused-ring (bicyclic) bond motifs is 1. The molecule has 224 valence electrons. The summed E-state index contributed by atoms with van der Waals surface area (Å²) in [4.78, 5) is 43.0. The van der Waals surface area contributed by atoms with E-state index in [2.05, 4.69) is 31.5 Å². The van der Waals surface area contributed by atoms with Crippen molar-refractivity contribution in [3.05, 3.63) is 97.8 Å². The quantitative estimate of drug-likeness (QED) is 0.195. The van der Waals surface area contributed by atoms with Gasteiger partial charge in [0.05, 0.1) is 29.6 Å². The van der Waals surface area contributed by atoms with Gasteiger partial charge in [-0.3, -0.25) is 18.8 Å². The first kappa shape index (κ1) is 32.0. The summed E-state index contributed by atoms with van der Waals surface area (Å²) in [6.45, 7) is 1.66. The predicted octanol–water partition coefficient (Wildman–Crippen LogP) is 4.81. The van der Waals surface area contributed by atoms with E-state index in [9.17, 15) is 14.4 Å². The Morgan fingerprint density at radius 2 is 1.86 bits per heavy atom. The summed E-state index contributed by atoms with van der Waals surface area (Å²) < 4.78 is 8.72. The van der Waals surface area contributed by atoms with E-state index in [0.29, 0.717) is 38.8 Å². The van der Waals surface area contributed by atoms with E-state index >= 15 is 0 Å². The lowest BCUT2D eigenvalue weighted by Gasteiger charge is -2.21. The summed E-state index contributed by atoms with van der Waals surface area (Å²) in [5.74, 6) is -0.647. The van der Waals surface area contributed by atoms with Crippen LogP contribution in [0.2, 0.25) is 10.0 Å². The molecule has 0 aliphatic rings. The number of aliphatic hydroxyl groups is 1. The van der Waals surface area contributed by atoms with Crippen LogP contribution >= 0.6 is 39.1 Å². The normalized spacial score (nSPS) is 11.1. The zero-order chi connectivity index (χ0) is 31.1. The first-order chi connectivity index (χ1) is 20.6. The number of aliphatic hydroxyl groups excluding tert-OH is 1. The van der Waals surface area contributed by atoms with Crippen molar-refractivity contribution in [3.63, 3.8) is 0 Å². The highest BCUT2D eigenvalue weighted by Crippen LogP contribution is 2.35. The summed E-state index contributed by atoms with van der Waals surface area (Å²) in [7, 11) is 1.55. The first-order valence-electron chi connectivity index (χ1n) is 13.0. The fraction of sp³-hybridized carbons (Fsp3) is 0.200. The summed E-state index contributed by atoms with van der Waals surface area (Å²) in [6.07, 6.45) is 4.72. The van der Waals surface area contributed by atoms with Gasteiger partial charge in [-0.15, -0.1) is 0 Å². The Labute approximate surface area is 266 Å². The van der Waals surface area contributed by atoms with Crippen molar-refractivity contribution < 1.29 is 24.2 Å². The second-order valence-corrected chi connectivity index (χ2v) is 10.8. The van der Waals surface area contributed by atoms with Crippen LogP contribution in [-0.2, 0) is 16.2 Å². The molecule has 10 nitrogen and oxygen atoms in total. The zero-order valence-electron chi connectivity index (χ0n) is 23.2. The molecule has 2 heterocycles. The average Bonchev–Trinajstić information content (AvgIpc) is 3.30. The second-order valence-electron chi connectivity index (χ2n) is 9.31. The molecule has 4 rings (SSSR count). The summed E-state index contributed by atoms with van der Waals surface area (Å²) in [5.41, 5.74) is 3.46. The third kappa shape index (κ3) is 7.74. The molecule has 13 heteroatoms. The molecule has 4 aromatic rings. The molecule has 0 saturated carbocycles. The number of likely N-dealkylation sites (N-methyl/N-ethyl adjacent to an activating group) is 1. The van der Waals surface area contributed by atoms with E-state index < -0.39 is 11.8 Å². The Morgan fingerprint density at radius 3 is 2.58 bits per heavy atom. The van der Waals surface area contributed by atoms with E-state index in [-0.39, 0.29) is 37.2 Å². The number of pyridine rings is 1. The van der Waals surface area contributed by atoms with Crippen molar-refractivity contribution in [1.82, 2.24) is 20.0 Å². The van der Waals surface area contributed by atoms with Gasteiger partial charge in [0.2, 0.25) is 11.8 Å². The Bertz CT molecular complexity index is 1690. The number of amides is 3. The molecule has 2 aromatic heterocycles. The molecule has 0 aliphatic carbocycles. The number of carbonyl (C=O) groups excluding carboxylic acids is 3. The number of aryl methyl sites for hydroxylation is 1. The molecule has 3 N–H and O–H groups in total. The zero-order valence-corrected chi connectivity index (χ0v) is 26.3. The maximum absolute atomic E-state index is 12.9. The van der Waals surface area contributed by atoms with Crippen molar-refractivity contribution in [3.8, 4) is 5.75 Å². The van der Waals surface area contributed by atoms with Gasteiger partial charge in [0.1, 0.15) is 11.2 Å². The first-order valence-corrected chi connectivity index (χ1v) is 14.6. The van der Waals surface area contributed by atoms with Gasteiger partial charge in [0.15, 0.2) is 11.4 Å². The SMILES string of the molecule is Cc1nc2c(OCc3c(Cl)ccc(N(C)C(=O)CNC(=O)/C=C/c4ccc(C(=O)NCCO)cc4)c3Cl)cccn2c1Br. The minimum Gasteiger partial charge on any atom is -0.485 e. The van der Waals surface area contributed by atoms with Crippen LogP contribution in [0, 0.1) is 6.92 Å². The third-order valence-corrected chi connectivity index (χ3v) is 8.13. The van der Waals surface area contributed by atoms with E-state index in [0.717, 1.165) is 10.3 Å². The number of rotatable bonds is 11. The van der Waals surface area contributed by atoms with Crippen molar-refractivity contribution in [2.45, 2.75) is 13.5 Å². The molecule has 0 spiro atoms. The van der Waals surface area contributed by atoms with Crippen LogP contribution in [-0.4, -0.2) is 59.0 Å². The summed E-state index contributed by atoms with van der Waals surface area (Å²) >= 11 is 16.6. The van der Waals surface area contributed by atoms with E-state index in [1.165, 1.54) is 11.0 Å². The topological polar surface area (TPSA) is 125 Å². The highest BCUT2D eigenvalue weighted by atomic mass is 79.9. The number of nitrogens with one attached hydrogen (secondary N) is 2. The Morgan fingerprint density at radius 1 is 1.12 bits per heavy atom. The van der Waals surface area contributed by atoms with Gasteiger partial charge in [0, 0.05) is 42.0 Å². The lowest BCUT2D eigenvalue weighted by atomic mass is 10.1. The van der Waals surface area contributed by atoms with Crippen molar-refractivity contribution in [1.29, 1.82) is 0 Å². The van der Waals surface area contributed by atoms with Crippen LogP contribution in [0.25, 0.3) is 11.7 Å². The van der Waals surface area contributed by atoms with Crippen LogP contribution in [0.15, 0.2) is 65.4 Å². The number of halogens is 3. The highest BCUT2D eigenvalue weighted by Gasteiger charge is 2.20. The number of anilines is 1. The molecule has 2 aromatic carbocycles. The smallest absolute Gasteiger partial charge is 0.251 e. The maximum atomic E-state index is 12.9. The van der Waals surface area contributed by atoms with Gasteiger partial charge < -0.3 is 25.4 Å². The fourth-order valence-corrected chi connectivity index (χ4v) is 5.01. The van der Waals surface area contributed by atoms with E-state index in [4.69, 9.17) is 33.0 Å². The number of benzene rings is 2. The Kier molecular flexibility index (Phi) is 10.8. The fourth-order valence-electron chi connectivity index (χ4n) is 4.03. The summed E-state index contributed by atoms with van der Waals surface area (Å²) in [5, 5.41) is 14.6. The largest absolute Gasteiger partial charge is 0.485 e. The van der Waals surface area contributed by atoms with E-state index in [1.54, 1.807) is 55.6 Å². The van der Waals surface area contributed by atoms with Crippen molar-refractivity contribution in [2.24, 2.45) is 0 Å². The third-order valence-electron chi connectivity index (χ3n) is 6.40. The molecule has 0 unspecified atom stereocenters. The second kappa shape index (κ2) is 14.5. The minimum atomic E-state index is -0.474. The molecule has 0 radical (unpaired) electrons. The molecule has 0 aliphatic heterocycles. The van der Waals surface area contributed by atoms with E-state index in [1.807, 2.05) is 23.6 Å². The number of imidazole rings is 1. The predicted molar refractivity (Wildman–Crippen MR) is 170 cm³/mol. The molecule has 0 atom stereocenters. The monoisotopic (exact) mass is 687 g/mol. The van der Waals surface area contributed by atoms with Gasteiger partial charge in [-0.05, 0) is 70.9 Å². The molecule has 3 amide bonds. The number of ether oxygens (including phenoxy) is 1. The number of hydrogen-bond acceptors (Lipinski definition) is 6. The van der Waals surface area contributed by atoms with Crippen LogP contribution in [0.3, 0.4) is 0 Å². The molecular formula is C30H28BrCl2N5O5. The summed E-state index contributed by atoms with van der Waals surface area (Å²) in [6, 6.07) is 13.4. The van der Waals surface area contributed by atoms with Gasteiger partial charge in [-0.1, -0.05) is 35.3 Å². The van der Waals surface area contributed by atoms with Crippen LogP contribution in [0.4, 0.5) is 5.69 Å². The number of carbonyl (C=O) groups is 3. The average molecular weight is 689 g/mol. The molecule has 0 bridgehead atoms. The van der Waals surface area contributed by atoms with Gasteiger partial charge >= 0.3 is 0 Å². The Hall–Kier alpha value is -3.90. The molecule has 0 fully saturated rings. The van der Waals surface area contributed by atoms with Gasteiger partial charge in [0.25, 0.3) is 5.91 Å². The van der Waals surface area contributed by atoms with Gasteiger partial charge in [-0.25, -0.2) is 4.98 Å². The number of nitrogens with zero attached hydrogens (tertiary/aromatic N) is 3.